The highest BCUT2D eigenvalue weighted by atomic mass is 32.2. The van der Waals surface area contributed by atoms with E-state index < -0.39 is 21.5 Å². The number of hydrogen-bond acceptors (Lipinski definition) is 5. The number of nitrogens with one attached hydrogen (secondary N) is 1. The first-order chi connectivity index (χ1) is 12.6. The summed E-state index contributed by atoms with van der Waals surface area (Å²) in [6.07, 6.45) is 0.942. The van der Waals surface area contributed by atoms with Gasteiger partial charge in [0.2, 0.25) is 0 Å². The van der Waals surface area contributed by atoms with Gasteiger partial charge in [-0.05, 0) is 63.6 Å². The van der Waals surface area contributed by atoms with Crippen molar-refractivity contribution in [1.82, 2.24) is 5.32 Å². The first-order valence-corrected chi connectivity index (χ1v) is 10.6. The van der Waals surface area contributed by atoms with E-state index in [1.807, 2.05) is 0 Å². The van der Waals surface area contributed by atoms with E-state index in [1.165, 1.54) is 0 Å². The summed E-state index contributed by atoms with van der Waals surface area (Å²) in [7, 11) is -3.53. The van der Waals surface area contributed by atoms with Crippen molar-refractivity contribution in [3.05, 3.63) is 40.8 Å². The van der Waals surface area contributed by atoms with Crippen molar-refractivity contribution in [2.75, 3.05) is 5.75 Å². The average Bonchev–Trinajstić information content (AvgIpc) is 2.56. The minimum atomic E-state index is -3.53. The van der Waals surface area contributed by atoms with E-state index in [2.05, 4.69) is 15.3 Å². The number of azide groups is 1. The monoisotopic (exact) mass is 394 g/mol. The molecule has 1 aliphatic rings. The lowest BCUT2D eigenvalue weighted by Gasteiger charge is -2.35. The van der Waals surface area contributed by atoms with Crippen LogP contribution in [0.1, 0.15) is 40.0 Å². The quantitative estimate of drug-likeness (QED) is 0.463. The smallest absolute Gasteiger partial charge is 0.407 e. The van der Waals surface area contributed by atoms with E-state index in [1.54, 1.807) is 51.1 Å². The number of alkyl carbamates (subject to hydrolysis) is 1. The molecular formula is C18H26N4O4S. The van der Waals surface area contributed by atoms with Crippen molar-refractivity contribution in [3.63, 3.8) is 0 Å². The lowest BCUT2D eigenvalue weighted by Crippen LogP contribution is -2.48. The Hall–Kier alpha value is -2.25. The summed E-state index contributed by atoms with van der Waals surface area (Å²) in [6.45, 7) is 5.30. The molecule has 0 saturated heterocycles. The molecule has 3 atom stereocenters. The van der Waals surface area contributed by atoms with Gasteiger partial charge in [0.25, 0.3) is 0 Å². The number of rotatable bonds is 5. The summed E-state index contributed by atoms with van der Waals surface area (Å²) in [4.78, 5) is 15.2. The van der Waals surface area contributed by atoms with Gasteiger partial charge < -0.3 is 10.1 Å². The second-order valence-electron chi connectivity index (χ2n) is 7.78. The lowest BCUT2D eigenvalue weighted by molar-refractivity contribution is 0.0470. The predicted octanol–water partition coefficient (Wildman–Crippen LogP) is 3.83. The molecule has 0 radical (unpaired) electrons. The van der Waals surface area contributed by atoms with Crippen molar-refractivity contribution in [2.24, 2.45) is 11.0 Å². The molecule has 1 aliphatic carbocycles. The van der Waals surface area contributed by atoms with Crippen LogP contribution in [0.25, 0.3) is 10.4 Å². The van der Waals surface area contributed by atoms with Crippen LogP contribution in [0.4, 0.5) is 4.79 Å². The molecule has 0 heterocycles. The van der Waals surface area contributed by atoms with Crippen LogP contribution in [-0.2, 0) is 14.6 Å². The van der Waals surface area contributed by atoms with Crippen LogP contribution in [-0.4, -0.2) is 37.9 Å². The van der Waals surface area contributed by atoms with Gasteiger partial charge in [-0.2, -0.15) is 0 Å². The molecule has 9 heteroatoms. The molecule has 1 aromatic rings. The SMILES string of the molecule is CC(C)(C)OC(=O)N[C@H]1CC[C@H](N=[N+]=[N-])C[C@@H]1CS(=O)(=O)c1ccccc1. The minimum absolute atomic E-state index is 0.130. The van der Waals surface area contributed by atoms with Gasteiger partial charge in [0, 0.05) is 17.0 Å². The fourth-order valence-electron chi connectivity index (χ4n) is 3.26. The number of hydrogen-bond donors (Lipinski definition) is 1. The Balaban J connectivity index is 2.17. The molecule has 2 rings (SSSR count). The van der Waals surface area contributed by atoms with Gasteiger partial charge in [-0.1, -0.05) is 23.3 Å². The Morgan fingerprint density at radius 1 is 1.30 bits per heavy atom. The molecule has 1 N–H and O–H groups in total. The van der Waals surface area contributed by atoms with E-state index in [4.69, 9.17) is 10.3 Å². The summed E-state index contributed by atoms with van der Waals surface area (Å²) in [5.74, 6) is -0.499. The molecule has 27 heavy (non-hydrogen) atoms. The number of sulfone groups is 1. The van der Waals surface area contributed by atoms with Gasteiger partial charge in [0.1, 0.15) is 5.60 Å². The first-order valence-electron chi connectivity index (χ1n) is 8.92. The Kier molecular flexibility index (Phi) is 6.73. The van der Waals surface area contributed by atoms with Gasteiger partial charge in [0.15, 0.2) is 9.84 Å². The maximum atomic E-state index is 12.8. The number of amides is 1. The third kappa shape index (κ3) is 6.45. The van der Waals surface area contributed by atoms with Gasteiger partial charge in [-0.25, -0.2) is 13.2 Å². The maximum absolute atomic E-state index is 12.8. The molecular weight excluding hydrogens is 368 g/mol. The molecule has 1 aromatic carbocycles. The number of carbonyl (C=O) groups excluding carboxylic acids is 1. The first kappa shape index (κ1) is 21.1. The Morgan fingerprint density at radius 2 is 1.96 bits per heavy atom. The van der Waals surface area contributed by atoms with Crippen LogP contribution in [0, 0.1) is 5.92 Å². The molecule has 1 amide bonds. The van der Waals surface area contributed by atoms with E-state index in [9.17, 15) is 13.2 Å². The van der Waals surface area contributed by atoms with Crippen LogP contribution in [0.15, 0.2) is 40.3 Å². The second-order valence-corrected chi connectivity index (χ2v) is 9.81. The molecule has 1 fully saturated rings. The molecule has 148 valence electrons. The average molecular weight is 394 g/mol. The van der Waals surface area contributed by atoms with Gasteiger partial charge in [0.05, 0.1) is 10.6 Å². The molecule has 0 spiro atoms. The maximum Gasteiger partial charge on any atom is 0.407 e. The highest BCUT2D eigenvalue weighted by Crippen LogP contribution is 2.30. The minimum Gasteiger partial charge on any atom is -0.444 e. The molecule has 8 nitrogen and oxygen atoms in total. The third-order valence-corrected chi connectivity index (χ3v) is 6.27. The van der Waals surface area contributed by atoms with E-state index >= 15 is 0 Å². The normalized spacial score (nSPS) is 23.1. The number of carbonyl (C=O) groups is 1. The van der Waals surface area contributed by atoms with Crippen molar-refractivity contribution >= 4 is 15.9 Å². The predicted molar refractivity (Wildman–Crippen MR) is 102 cm³/mol. The fraction of sp³-hybridized carbons (Fsp3) is 0.611. The molecule has 0 aliphatic heterocycles. The van der Waals surface area contributed by atoms with Crippen molar-refractivity contribution in [3.8, 4) is 0 Å². The zero-order chi connectivity index (χ0) is 20.1. The highest BCUT2D eigenvalue weighted by molar-refractivity contribution is 7.91. The van der Waals surface area contributed by atoms with Crippen LogP contribution >= 0.6 is 0 Å². The van der Waals surface area contributed by atoms with E-state index in [-0.39, 0.29) is 28.6 Å². The lowest BCUT2D eigenvalue weighted by atomic mass is 9.83. The summed E-state index contributed by atoms with van der Waals surface area (Å²) >= 11 is 0. The summed E-state index contributed by atoms with van der Waals surface area (Å²) in [5, 5.41) is 6.55. The van der Waals surface area contributed by atoms with Crippen molar-refractivity contribution in [1.29, 1.82) is 0 Å². The van der Waals surface area contributed by atoms with Crippen LogP contribution in [0.5, 0.6) is 0 Å². The number of nitrogens with zero attached hydrogens (tertiary/aromatic N) is 3. The van der Waals surface area contributed by atoms with Crippen LogP contribution < -0.4 is 5.32 Å². The van der Waals surface area contributed by atoms with Crippen LogP contribution in [0.2, 0.25) is 0 Å². The van der Waals surface area contributed by atoms with E-state index in [0.717, 1.165) is 0 Å². The molecule has 0 aromatic heterocycles. The van der Waals surface area contributed by atoms with Crippen molar-refractivity contribution in [2.45, 2.75) is 62.6 Å². The molecule has 0 bridgehead atoms. The number of ether oxygens (including phenoxy) is 1. The molecule has 0 unspecified atom stereocenters. The third-order valence-electron chi connectivity index (χ3n) is 4.41. The Morgan fingerprint density at radius 3 is 2.56 bits per heavy atom. The summed E-state index contributed by atoms with van der Waals surface area (Å²) in [6, 6.07) is 7.58. The highest BCUT2D eigenvalue weighted by Gasteiger charge is 2.35. The van der Waals surface area contributed by atoms with Gasteiger partial charge in [-0.15, -0.1) is 0 Å². The van der Waals surface area contributed by atoms with E-state index in [0.29, 0.717) is 19.3 Å². The van der Waals surface area contributed by atoms with Gasteiger partial charge in [-0.3, -0.25) is 0 Å². The zero-order valence-electron chi connectivity index (χ0n) is 15.8. The Labute approximate surface area is 159 Å². The van der Waals surface area contributed by atoms with Crippen LogP contribution in [0.3, 0.4) is 0 Å². The number of benzene rings is 1. The van der Waals surface area contributed by atoms with Gasteiger partial charge >= 0.3 is 6.09 Å². The Bertz CT molecular complexity index is 798. The topological polar surface area (TPSA) is 121 Å². The largest absolute Gasteiger partial charge is 0.444 e. The zero-order valence-corrected chi connectivity index (χ0v) is 16.6. The fourth-order valence-corrected chi connectivity index (χ4v) is 4.95. The summed E-state index contributed by atoms with van der Waals surface area (Å²) < 4.78 is 30.9. The van der Waals surface area contributed by atoms with Crippen molar-refractivity contribution < 1.29 is 17.9 Å². The standard InChI is InChI=1S/C18H26N4O4S/c1-18(2,3)26-17(23)20-16-10-9-14(21-22-19)11-13(16)12-27(24,25)15-7-5-4-6-8-15/h4-8,13-14,16H,9-12H2,1-3H3,(H,20,23)/t13-,14+,16+/m1/s1. The second kappa shape index (κ2) is 8.63. The molecule has 1 saturated carbocycles. The summed E-state index contributed by atoms with van der Waals surface area (Å²) in [5.41, 5.74) is 8.06.